The van der Waals surface area contributed by atoms with E-state index in [0.29, 0.717) is 18.8 Å². The number of hydrogen-bond donors (Lipinski definition) is 0. The molecule has 2 atom stereocenters. The van der Waals surface area contributed by atoms with Crippen LogP contribution in [0.15, 0.2) is 61.2 Å². The molecule has 2 aliphatic rings. The fourth-order valence-electron chi connectivity index (χ4n) is 4.21. The number of aromatic nitrogens is 3. The molecule has 34 heavy (non-hydrogen) atoms. The van der Waals surface area contributed by atoms with Crippen LogP contribution in [0.5, 0.6) is 5.75 Å². The van der Waals surface area contributed by atoms with Gasteiger partial charge in [0.1, 0.15) is 43.5 Å². The van der Waals surface area contributed by atoms with Gasteiger partial charge in [-0.05, 0) is 36.4 Å². The Morgan fingerprint density at radius 1 is 1.09 bits per heavy atom. The first kappa shape index (κ1) is 22.1. The van der Waals surface area contributed by atoms with Crippen molar-refractivity contribution in [2.75, 3.05) is 44.3 Å². The Kier molecular flexibility index (Phi) is 6.29. The van der Waals surface area contributed by atoms with Gasteiger partial charge in [-0.3, -0.25) is 0 Å². The van der Waals surface area contributed by atoms with E-state index in [0.717, 1.165) is 37.6 Å². The summed E-state index contributed by atoms with van der Waals surface area (Å²) in [5.74, 6) is -0.698. The lowest BCUT2D eigenvalue weighted by Gasteiger charge is -2.33. The van der Waals surface area contributed by atoms with E-state index in [2.05, 4.69) is 21.2 Å². The lowest BCUT2D eigenvalue weighted by atomic mass is 10.1. The van der Waals surface area contributed by atoms with E-state index in [9.17, 15) is 4.39 Å². The Hall–Kier alpha value is -3.68. The predicted molar refractivity (Wildman–Crippen MR) is 120 cm³/mol. The standard InChI is InChI=1S/C24H25FN6O3/c25-20-3-1-19(2-4-20)24(15-31-18-27-17-28-31)33-14-23(34-24)13-32-22-7-5-21(6-8-22)30-11-9-29(16-26)10-12-30/h1-8,17-18,23H,9-15H2/t23-,24-/m1/s1. The van der Waals surface area contributed by atoms with Gasteiger partial charge in [-0.25, -0.2) is 14.1 Å². The molecule has 2 aliphatic heterocycles. The Labute approximate surface area is 196 Å². The van der Waals surface area contributed by atoms with Crippen LogP contribution in [0, 0.1) is 17.3 Å². The summed E-state index contributed by atoms with van der Waals surface area (Å²) in [7, 11) is 0. The zero-order valence-electron chi connectivity index (χ0n) is 18.6. The molecule has 0 saturated carbocycles. The van der Waals surface area contributed by atoms with Gasteiger partial charge in [0.05, 0.1) is 6.61 Å². The fourth-order valence-corrected chi connectivity index (χ4v) is 4.21. The number of anilines is 1. The normalized spacial score (nSPS) is 22.5. The Bertz CT molecular complexity index is 1110. The molecule has 5 rings (SSSR count). The molecule has 1 aromatic heterocycles. The lowest BCUT2D eigenvalue weighted by Crippen LogP contribution is -2.44. The molecular weight excluding hydrogens is 439 g/mol. The monoisotopic (exact) mass is 464 g/mol. The summed E-state index contributed by atoms with van der Waals surface area (Å²) < 4.78 is 33.5. The Morgan fingerprint density at radius 2 is 1.85 bits per heavy atom. The highest BCUT2D eigenvalue weighted by Crippen LogP contribution is 2.36. The van der Waals surface area contributed by atoms with Crippen LogP contribution in [0.25, 0.3) is 0 Å². The predicted octanol–water partition coefficient (Wildman–Crippen LogP) is 2.37. The first-order chi connectivity index (χ1) is 16.6. The number of nitrogens with zero attached hydrogens (tertiary/aromatic N) is 6. The molecule has 10 heteroatoms. The number of rotatable bonds is 7. The van der Waals surface area contributed by atoms with E-state index in [1.165, 1.54) is 18.5 Å². The van der Waals surface area contributed by atoms with E-state index in [1.807, 2.05) is 24.3 Å². The summed E-state index contributed by atoms with van der Waals surface area (Å²) in [6, 6.07) is 14.0. The number of halogens is 1. The van der Waals surface area contributed by atoms with E-state index < -0.39 is 5.79 Å². The molecule has 0 spiro atoms. The molecule has 176 valence electrons. The van der Waals surface area contributed by atoms with E-state index in [-0.39, 0.29) is 18.5 Å². The van der Waals surface area contributed by atoms with Crippen LogP contribution in [-0.2, 0) is 21.8 Å². The zero-order chi connectivity index (χ0) is 23.4. The third kappa shape index (κ3) is 4.81. The van der Waals surface area contributed by atoms with Crippen molar-refractivity contribution in [1.29, 1.82) is 5.26 Å². The van der Waals surface area contributed by atoms with E-state index in [4.69, 9.17) is 19.5 Å². The second kappa shape index (κ2) is 9.67. The summed E-state index contributed by atoms with van der Waals surface area (Å²) in [4.78, 5) is 8.01. The van der Waals surface area contributed by atoms with Gasteiger partial charge < -0.3 is 24.0 Å². The minimum Gasteiger partial charge on any atom is -0.491 e. The van der Waals surface area contributed by atoms with Gasteiger partial charge in [0.2, 0.25) is 5.79 Å². The van der Waals surface area contributed by atoms with Crippen LogP contribution in [-0.4, -0.2) is 65.2 Å². The van der Waals surface area contributed by atoms with Crippen molar-refractivity contribution in [2.24, 2.45) is 0 Å². The molecule has 2 saturated heterocycles. The maximum atomic E-state index is 13.5. The average Bonchev–Trinajstić information content (AvgIpc) is 3.54. The van der Waals surface area contributed by atoms with Crippen molar-refractivity contribution in [3.63, 3.8) is 0 Å². The molecule has 9 nitrogen and oxygen atoms in total. The van der Waals surface area contributed by atoms with Gasteiger partial charge in [0.25, 0.3) is 0 Å². The quantitative estimate of drug-likeness (QED) is 0.493. The highest BCUT2D eigenvalue weighted by atomic mass is 19.1. The maximum absolute atomic E-state index is 13.5. The highest BCUT2D eigenvalue weighted by molar-refractivity contribution is 5.49. The van der Waals surface area contributed by atoms with Crippen LogP contribution in [0.2, 0.25) is 0 Å². The van der Waals surface area contributed by atoms with Gasteiger partial charge in [-0.15, -0.1) is 0 Å². The summed E-state index contributed by atoms with van der Waals surface area (Å²) >= 11 is 0. The van der Waals surface area contributed by atoms with Gasteiger partial charge in [0, 0.05) is 37.4 Å². The van der Waals surface area contributed by atoms with Gasteiger partial charge in [0.15, 0.2) is 6.19 Å². The van der Waals surface area contributed by atoms with Crippen molar-refractivity contribution in [3.8, 4) is 11.9 Å². The molecular formula is C24H25FN6O3. The highest BCUT2D eigenvalue weighted by Gasteiger charge is 2.44. The number of ether oxygens (including phenoxy) is 3. The first-order valence-electron chi connectivity index (χ1n) is 11.2. The van der Waals surface area contributed by atoms with Gasteiger partial charge >= 0.3 is 0 Å². The summed E-state index contributed by atoms with van der Waals surface area (Å²) in [6.07, 6.45) is 4.92. The minimum atomic E-state index is -1.11. The van der Waals surface area contributed by atoms with Gasteiger partial charge in [-0.2, -0.15) is 10.4 Å². The third-order valence-electron chi connectivity index (χ3n) is 6.04. The van der Waals surface area contributed by atoms with Crippen LogP contribution in [0.3, 0.4) is 0 Å². The van der Waals surface area contributed by atoms with Crippen molar-refractivity contribution in [2.45, 2.75) is 18.4 Å². The second-order valence-corrected chi connectivity index (χ2v) is 8.28. The molecule has 0 N–H and O–H groups in total. The summed E-state index contributed by atoms with van der Waals surface area (Å²) in [5, 5.41) is 13.2. The zero-order valence-corrected chi connectivity index (χ0v) is 18.6. The molecule has 0 aliphatic carbocycles. The SMILES string of the molecule is N#CN1CCN(c2ccc(OC[C@@H]3CO[C@@](Cn4cncn4)(c4ccc(F)cc4)O3)cc2)CC1. The number of benzene rings is 2. The van der Waals surface area contributed by atoms with Crippen molar-refractivity contribution >= 4 is 5.69 Å². The fraction of sp³-hybridized carbons (Fsp3) is 0.375. The minimum absolute atomic E-state index is 0.281. The van der Waals surface area contributed by atoms with Gasteiger partial charge in [-0.1, -0.05) is 12.1 Å². The number of nitriles is 1. The topological polar surface area (TPSA) is 88.7 Å². The van der Waals surface area contributed by atoms with Crippen molar-refractivity contribution in [3.05, 3.63) is 72.6 Å². The molecule has 2 aromatic carbocycles. The Morgan fingerprint density at radius 3 is 2.53 bits per heavy atom. The molecule has 0 unspecified atom stereocenters. The molecule has 3 heterocycles. The van der Waals surface area contributed by atoms with E-state index in [1.54, 1.807) is 28.0 Å². The molecule has 0 radical (unpaired) electrons. The smallest absolute Gasteiger partial charge is 0.215 e. The number of piperazine rings is 1. The van der Waals surface area contributed by atoms with Crippen LogP contribution in [0.1, 0.15) is 5.56 Å². The second-order valence-electron chi connectivity index (χ2n) is 8.28. The first-order valence-corrected chi connectivity index (χ1v) is 11.2. The average molecular weight is 465 g/mol. The molecule has 3 aromatic rings. The lowest BCUT2D eigenvalue weighted by molar-refractivity contribution is -0.190. The largest absolute Gasteiger partial charge is 0.491 e. The third-order valence-corrected chi connectivity index (χ3v) is 6.04. The van der Waals surface area contributed by atoms with Crippen LogP contribution < -0.4 is 9.64 Å². The van der Waals surface area contributed by atoms with Crippen molar-refractivity contribution in [1.82, 2.24) is 19.7 Å². The van der Waals surface area contributed by atoms with E-state index >= 15 is 0 Å². The molecule has 0 bridgehead atoms. The van der Waals surface area contributed by atoms with Crippen LogP contribution in [0.4, 0.5) is 10.1 Å². The number of hydrogen-bond acceptors (Lipinski definition) is 8. The Balaban J connectivity index is 1.21. The summed E-state index contributed by atoms with van der Waals surface area (Å²) in [5.41, 5.74) is 1.81. The van der Waals surface area contributed by atoms with Crippen LogP contribution >= 0.6 is 0 Å². The summed E-state index contributed by atoms with van der Waals surface area (Å²) in [6.45, 7) is 4.02. The van der Waals surface area contributed by atoms with Crippen molar-refractivity contribution < 1.29 is 18.6 Å². The molecule has 0 amide bonds. The maximum Gasteiger partial charge on any atom is 0.215 e. The molecule has 2 fully saturated rings.